The second-order valence-corrected chi connectivity index (χ2v) is 4.02. The third-order valence-electron chi connectivity index (χ3n) is 2.65. The number of hydrogen-bond donors (Lipinski definition) is 1. The number of nitrogens with one attached hydrogen (secondary N) is 1. The number of hydrogen-bond acceptors (Lipinski definition) is 4. The first-order chi connectivity index (χ1) is 9.81. The van der Waals surface area contributed by atoms with Crippen LogP contribution in [0.25, 0.3) is 0 Å². The fraction of sp³-hybridized carbons (Fsp3) is 0.0667. The second kappa shape index (κ2) is 6.94. The van der Waals surface area contributed by atoms with E-state index in [2.05, 4.69) is 15.7 Å². The van der Waals surface area contributed by atoms with Crippen molar-refractivity contribution in [1.82, 2.24) is 5.43 Å². The summed E-state index contributed by atoms with van der Waals surface area (Å²) in [6.07, 6.45) is 0. The maximum Gasteiger partial charge on any atom is 0.271 e. The summed E-state index contributed by atoms with van der Waals surface area (Å²) in [5.41, 5.74) is 4.11. The summed E-state index contributed by atoms with van der Waals surface area (Å²) in [6, 6.07) is 17.9. The lowest BCUT2D eigenvalue weighted by Crippen LogP contribution is -2.21. The number of hydrazone groups is 1. The van der Waals surface area contributed by atoms with Crippen LogP contribution in [-0.2, 0) is 0 Å². The highest BCUT2D eigenvalue weighted by atomic mass is 16.3. The van der Waals surface area contributed by atoms with E-state index in [0.29, 0.717) is 11.3 Å². The van der Waals surface area contributed by atoms with Gasteiger partial charge in [-0.05, 0) is 17.7 Å². The lowest BCUT2D eigenvalue weighted by atomic mass is 10.1. The molecule has 0 saturated heterocycles. The Hall–Kier alpha value is -2.82. The molecular weight excluding hydrogens is 254 g/mol. The molecule has 100 valence electrons. The van der Waals surface area contributed by atoms with Gasteiger partial charge in [0.25, 0.3) is 5.91 Å². The molecule has 2 rings (SSSR count). The number of amides is 1. The molecule has 2 aromatic carbocycles. The largest absolute Gasteiger partial charge is 0.271 e. The molecule has 0 radical (unpaired) electrons. The topological polar surface area (TPSA) is 70.9 Å². The molecule has 5 heteroatoms. The Bertz CT molecular complexity index is 610. The molecule has 0 aliphatic heterocycles. The Kier molecular flexibility index (Phi) is 4.72. The molecule has 0 bridgehead atoms. The van der Waals surface area contributed by atoms with Crippen molar-refractivity contribution in [2.75, 3.05) is 6.54 Å². The van der Waals surface area contributed by atoms with Crippen molar-refractivity contribution >= 4 is 11.6 Å². The van der Waals surface area contributed by atoms with Gasteiger partial charge in [0.2, 0.25) is 0 Å². The SMILES string of the molecule is O=NCC(=NNC(=O)c1ccccc1)c1ccccc1. The first kappa shape index (κ1) is 13.6. The number of carbonyl (C=O) groups is 1. The predicted molar refractivity (Wildman–Crippen MR) is 77.5 cm³/mol. The smallest absolute Gasteiger partial charge is 0.267 e. The van der Waals surface area contributed by atoms with Crippen molar-refractivity contribution in [3.05, 3.63) is 76.7 Å². The molecule has 0 spiro atoms. The van der Waals surface area contributed by atoms with Gasteiger partial charge in [-0.15, -0.1) is 0 Å². The van der Waals surface area contributed by atoms with Crippen LogP contribution in [0.2, 0.25) is 0 Å². The maximum absolute atomic E-state index is 11.9. The van der Waals surface area contributed by atoms with E-state index in [0.717, 1.165) is 5.56 Å². The average Bonchev–Trinajstić information content (AvgIpc) is 2.53. The van der Waals surface area contributed by atoms with Crippen molar-refractivity contribution < 1.29 is 4.79 Å². The summed E-state index contributed by atoms with van der Waals surface area (Å²) in [4.78, 5) is 22.3. The summed E-state index contributed by atoms with van der Waals surface area (Å²) < 4.78 is 0. The van der Waals surface area contributed by atoms with Gasteiger partial charge < -0.3 is 0 Å². The number of rotatable bonds is 5. The number of benzene rings is 2. The second-order valence-electron chi connectivity index (χ2n) is 4.02. The predicted octanol–water partition coefficient (Wildman–Crippen LogP) is 2.59. The van der Waals surface area contributed by atoms with Crippen LogP contribution < -0.4 is 5.43 Å². The molecule has 0 aliphatic rings. The summed E-state index contributed by atoms with van der Waals surface area (Å²) in [5.74, 6) is -0.329. The van der Waals surface area contributed by atoms with Crippen LogP contribution in [0.1, 0.15) is 15.9 Å². The van der Waals surface area contributed by atoms with Gasteiger partial charge in [-0.2, -0.15) is 10.0 Å². The van der Waals surface area contributed by atoms with Crippen LogP contribution >= 0.6 is 0 Å². The molecule has 5 nitrogen and oxygen atoms in total. The van der Waals surface area contributed by atoms with E-state index in [9.17, 15) is 9.70 Å². The van der Waals surface area contributed by atoms with Gasteiger partial charge in [-0.1, -0.05) is 53.7 Å². The van der Waals surface area contributed by atoms with Crippen LogP contribution in [0.15, 0.2) is 70.9 Å². The molecule has 0 aromatic heterocycles. The Morgan fingerprint density at radius 2 is 1.45 bits per heavy atom. The molecule has 20 heavy (non-hydrogen) atoms. The fourth-order valence-corrected chi connectivity index (χ4v) is 1.66. The van der Waals surface area contributed by atoms with E-state index in [1.165, 1.54) is 0 Å². The minimum atomic E-state index is -0.329. The van der Waals surface area contributed by atoms with Crippen LogP contribution in [0.4, 0.5) is 0 Å². The highest BCUT2D eigenvalue weighted by Gasteiger charge is 2.06. The molecular formula is C15H13N3O2. The van der Waals surface area contributed by atoms with Crippen molar-refractivity contribution in [3.63, 3.8) is 0 Å². The molecule has 0 fully saturated rings. The summed E-state index contributed by atoms with van der Waals surface area (Å²) in [6.45, 7) is -0.0981. The Morgan fingerprint density at radius 1 is 0.900 bits per heavy atom. The summed E-state index contributed by atoms with van der Waals surface area (Å²) in [5, 5.41) is 6.81. The van der Waals surface area contributed by atoms with Gasteiger partial charge in [-0.3, -0.25) is 4.79 Å². The van der Waals surface area contributed by atoms with Crippen molar-refractivity contribution in [3.8, 4) is 0 Å². The van der Waals surface area contributed by atoms with Crippen molar-refractivity contribution in [1.29, 1.82) is 0 Å². The molecule has 0 unspecified atom stereocenters. The van der Waals surface area contributed by atoms with Crippen molar-refractivity contribution in [2.24, 2.45) is 10.3 Å². The zero-order valence-corrected chi connectivity index (χ0v) is 10.7. The molecule has 1 amide bonds. The lowest BCUT2D eigenvalue weighted by Gasteiger charge is -2.04. The van der Waals surface area contributed by atoms with E-state index < -0.39 is 0 Å². The summed E-state index contributed by atoms with van der Waals surface area (Å²) >= 11 is 0. The van der Waals surface area contributed by atoms with Crippen LogP contribution in [0, 0.1) is 4.91 Å². The molecule has 0 atom stereocenters. The summed E-state index contributed by atoms with van der Waals surface area (Å²) in [7, 11) is 0. The quantitative estimate of drug-likeness (QED) is 0.514. The van der Waals surface area contributed by atoms with Gasteiger partial charge in [0.15, 0.2) is 0 Å². The van der Waals surface area contributed by atoms with Crippen molar-refractivity contribution in [2.45, 2.75) is 0 Å². The number of carbonyl (C=O) groups excluding carboxylic acids is 1. The highest BCUT2D eigenvalue weighted by Crippen LogP contribution is 2.02. The normalized spacial score (nSPS) is 10.9. The van der Waals surface area contributed by atoms with Crippen LogP contribution in [-0.4, -0.2) is 18.2 Å². The Balaban J connectivity index is 2.14. The highest BCUT2D eigenvalue weighted by molar-refractivity contribution is 6.03. The van der Waals surface area contributed by atoms with Gasteiger partial charge in [0.05, 0.1) is 5.71 Å². The molecule has 0 heterocycles. The third-order valence-corrected chi connectivity index (χ3v) is 2.65. The molecule has 1 N–H and O–H groups in total. The fourth-order valence-electron chi connectivity index (χ4n) is 1.66. The van der Waals surface area contributed by atoms with Gasteiger partial charge in [0, 0.05) is 5.56 Å². The number of nitrogens with zero attached hydrogens (tertiary/aromatic N) is 2. The number of nitroso groups, excluding NO2 is 1. The zero-order valence-electron chi connectivity index (χ0n) is 10.7. The van der Waals surface area contributed by atoms with Gasteiger partial charge in [0.1, 0.15) is 6.54 Å². The lowest BCUT2D eigenvalue weighted by molar-refractivity contribution is 0.0955. The Labute approximate surface area is 116 Å². The standard InChI is InChI=1S/C15H13N3O2/c19-15(13-9-5-2-6-10-13)18-17-14(11-16-20)12-7-3-1-4-8-12/h1-10H,11H2,(H,18,19). The van der Waals surface area contributed by atoms with E-state index >= 15 is 0 Å². The zero-order chi connectivity index (χ0) is 14.2. The van der Waals surface area contributed by atoms with E-state index in [4.69, 9.17) is 0 Å². The Morgan fingerprint density at radius 3 is 2.00 bits per heavy atom. The van der Waals surface area contributed by atoms with Crippen LogP contribution in [0.5, 0.6) is 0 Å². The van der Waals surface area contributed by atoms with E-state index in [1.54, 1.807) is 36.4 Å². The molecule has 2 aromatic rings. The van der Waals surface area contributed by atoms with Crippen LogP contribution in [0.3, 0.4) is 0 Å². The molecule has 0 aliphatic carbocycles. The van der Waals surface area contributed by atoms with E-state index in [-0.39, 0.29) is 12.5 Å². The monoisotopic (exact) mass is 267 g/mol. The minimum Gasteiger partial charge on any atom is -0.267 e. The van der Waals surface area contributed by atoms with Gasteiger partial charge in [-0.25, -0.2) is 5.43 Å². The first-order valence-electron chi connectivity index (χ1n) is 6.08. The minimum absolute atomic E-state index is 0.0981. The maximum atomic E-state index is 11.9. The molecule has 0 saturated carbocycles. The third kappa shape index (κ3) is 3.58. The van der Waals surface area contributed by atoms with E-state index in [1.807, 2.05) is 24.3 Å². The van der Waals surface area contributed by atoms with Gasteiger partial charge >= 0.3 is 0 Å². The first-order valence-corrected chi connectivity index (χ1v) is 6.08. The average molecular weight is 267 g/mol.